The van der Waals surface area contributed by atoms with Gasteiger partial charge in [0.2, 0.25) is 5.75 Å². The van der Waals surface area contributed by atoms with Crippen LogP contribution in [0.15, 0.2) is 16.7 Å². The molecule has 1 aromatic carbocycles. The molecule has 1 heterocycles. The van der Waals surface area contributed by atoms with Crippen LogP contribution in [0.25, 0.3) is 11.5 Å². The zero-order valence-electron chi connectivity index (χ0n) is 10.5. The Labute approximate surface area is 108 Å². The van der Waals surface area contributed by atoms with Crippen LogP contribution in [0.5, 0.6) is 11.5 Å². The summed E-state index contributed by atoms with van der Waals surface area (Å²) < 4.78 is 15.0. The van der Waals surface area contributed by atoms with E-state index in [1.54, 1.807) is 13.0 Å². The van der Waals surface area contributed by atoms with Gasteiger partial charge in [0.1, 0.15) is 0 Å². The maximum absolute atomic E-state index is 11.0. The Bertz CT molecular complexity index is 623. The highest BCUT2D eigenvalue weighted by Crippen LogP contribution is 2.40. The van der Waals surface area contributed by atoms with E-state index in [9.17, 15) is 10.1 Å². The average molecular weight is 265 g/mol. The van der Waals surface area contributed by atoms with E-state index in [1.807, 2.05) is 0 Å². The molecule has 2 rings (SSSR count). The molecule has 0 N–H and O–H groups in total. The predicted molar refractivity (Wildman–Crippen MR) is 64.2 cm³/mol. The Balaban J connectivity index is 2.64. The number of rotatable bonds is 4. The first-order valence-electron chi connectivity index (χ1n) is 5.28. The third-order valence-electron chi connectivity index (χ3n) is 2.43. The molecule has 2 aromatic rings. The number of ether oxygens (including phenoxy) is 2. The first kappa shape index (κ1) is 12.8. The largest absolute Gasteiger partial charge is 0.493 e. The van der Waals surface area contributed by atoms with Crippen LogP contribution in [0.2, 0.25) is 0 Å². The van der Waals surface area contributed by atoms with Crippen molar-refractivity contribution in [3.05, 3.63) is 28.1 Å². The minimum absolute atomic E-state index is 0.0486. The molecular formula is C11H11N3O5. The monoisotopic (exact) mass is 265 g/mol. The Morgan fingerprint density at radius 2 is 2.05 bits per heavy atom. The first-order valence-corrected chi connectivity index (χ1v) is 5.28. The van der Waals surface area contributed by atoms with Crippen LogP contribution in [0, 0.1) is 17.0 Å². The first-order chi connectivity index (χ1) is 9.06. The minimum atomic E-state index is -0.561. The number of hydrogen-bond donors (Lipinski definition) is 0. The minimum Gasteiger partial charge on any atom is -0.493 e. The lowest BCUT2D eigenvalue weighted by Crippen LogP contribution is -1.98. The van der Waals surface area contributed by atoms with E-state index in [4.69, 9.17) is 14.0 Å². The number of aryl methyl sites for hydroxylation is 1. The van der Waals surface area contributed by atoms with E-state index in [1.165, 1.54) is 20.3 Å². The summed E-state index contributed by atoms with van der Waals surface area (Å²) in [6.07, 6.45) is 0. The molecule has 1 aromatic heterocycles. The molecule has 8 nitrogen and oxygen atoms in total. The molecule has 0 unspecified atom stereocenters. The van der Waals surface area contributed by atoms with Gasteiger partial charge in [-0.25, -0.2) is 0 Å². The summed E-state index contributed by atoms with van der Waals surface area (Å²) in [5.74, 6) is 0.893. The summed E-state index contributed by atoms with van der Waals surface area (Å²) in [4.78, 5) is 14.5. The van der Waals surface area contributed by atoms with Crippen molar-refractivity contribution in [3.8, 4) is 23.0 Å². The Kier molecular flexibility index (Phi) is 3.32. The fraction of sp³-hybridized carbons (Fsp3) is 0.273. The molecule has 0 bridgehead atoms. The number of hydrogen-bond acceptors (Lipinski definition) is 7. The van der Waals surface area contributed by atoms with Gasteiger partial charge in [0.25, 0.3) is 5.89 Å². The Morgan fingerprint density at radius 3 is 2.53 bits per heavy atom. The van der Waals surface area contributed by atoms with Crippen molar-refractivity contribution in [1.82, 2.24) is 10.1 Å². The number of nitrogens with zero attached hydrogens (tertiary/aromatic N) is 3. The summed E-state index contributed by atoms with van der Waals surface area (Å²) in [5, 5.41) is 14.7. The third-order valence-corrected chi connectivity index (χ3v) is 2.43. The van der Waals surface area contributed by atoms with Crippen molar-refractivity contribution in [2.75, 3.05) is 14.2 Å². The van der Waals surface area contributed by atoms with Crippen LogP contribution in [0.3, 0.4) is 0 Å². The Hall–Kier alpha value is -2.64. The molecule has 100 valence electrons. The van der Waals surface area contributed by atoms with Crippen molar-refractivity contribution < 1.29 is 18.9 Å². The maximum atomic E-state index is 11.0. The van der Waals surface area contributed by atoms with Gasteiger partial charge in [-0.15, -0.1) is 0 Å². The summed E-state index contributed by atoms with van der Waals surface area (Å²) in [5.41, 5.74) is 0.164. The fourth-order valence-electron chi connectivity index (χ4n) is 1.62. The topological polar surface area (TPSA) is 101 Å². The van der Waals surface area contributed by atoms with E-state index in [2.05, 4.69) is 10.1 Å². The molecule has 0 saturated carbocycles. The zero-order valence-corrected chi connectivity index (χ0v) is 10.5. The molecular weight excluding hydrogens is 254 g/mol. The highest BCUT2D eigenvalue weighted by molar-refractivity contribution is 5.68. The second-order valence-electron chi connectivity index (χ2n) is 3.63. The van der Waals surface area contributed by atoms with Crippen molar-refractivity contribution >= 4 is 5.69 Å². The molecule has 19 heavy (non-hydrogen) atoms. The van der Waals surface area contributed by atoms with Crippen molar-refractivity contribution in [1.29, 1.82) is 0 Å². The highest BCUT2D eigenvalue weighted by atomic mass is 16.6. The van der Waals surface area contributed by atoms with Gasteiger partial charge in [0.15, 0.2) is 11.6 Å². The number of nitro groups is 1. The lowest BCUT2D eigenvalue weighted by atomic mass is 10.1. The quantitative estimate of drug-likeness (QED) is 0.615. The molecule has 0 saturated heterocycles. The number of aromatic nitrogens is 2. The maximum Gasteiger partial charge on any atom is 0.315 e. The van der Waals surface area contributed by atoms with Gasteiger partial charge >= 0.3 is 5.69 Å². The van der Waals surface area contributed by atoms with Crippen LogP contribution in [-0.2, 0) is 0 Å². The van der Waals surface area contributed by atoms with Crippen molar-refractivity contribution in [2.24, 2.45) is 0 Å². The second-order valence-corrected chi connectivity index (χ2v) is 3.63. The molecule has 0 fully saturated rings. The van der Waals surface area contributed by atoms with E-state index >= 15 is 0 Å². The van der Waals surface area contributed by atoms with Crippen LogP contribution in [0.1, 0.15) is 5.82 Å². The number of methoxy groups -OCH3 is 2. The van der Waals surface area contributed by atoms with Gasteiger partial charge in [0.05, 0.1) is 24.7 Å². The molecule has 0 aliphatic heterocycles. The molecule has 8 heteroatoms. The van der Waals surface area contributed by atoms with E-state index in [0.717, 1.165) is 0 Å². The van der Waals surface area contributed by atoms with Gasteiger partial charge in [-0.05, 0) is 13.0 Å². The molecule has 0 radical (unpaired) electrons. The van der Waals surface area contributed by atoms with Gasteiger partial charge in [-0.3, -0.25) is 10.1 Å². The van der Waals surface area contributed by atoms with E-state index < -0.39 is 4.92 Å². The normalized spacial score (nSPS) is 10.3. The van der Waals surface area contributed by atoms with Crippen LogP contribution < -0.4 is 9.47 Å². The molecule has 0 amide bonds. The third kappa shape index (κ3) is 2.32. The molecule has 0 aliphatic rings. The summed E-state index contributed by atoms with van der Waals surface area (Å²) in [6, 6.07) is 2.84. The fourth-order valence-corrected chi connectivity index (χ4v) is 1.62. The average Bonchev–Trinajstić information content (AvgIpc) is 2.83. The van der Waals surface area contributed by atoms with Crippen LogP contribution >= 0.6 is 0 Å². The second kappa shape index (κ2) is 4.92. The van der Waals surface area contributed by atoms with Crippen molar-refractivity contribution in [3.63, 3.8) is 0 Å². The summed E-state index contributed by atoms with van der Waals surface area (Å²) in [6.45, 7) is 1.65. The highest BCUT2D eigenvalue weighted by Gasteiger charge is 2.23. The molecule has 0 atom stereocenters. The van der Waals surface area contributed by atoms with Gasteiger partial charge < -0.3 is 14.0 Å². The standard InChI is InChI=1S/C11H11N3O5/c1-6-12-11(19-13-6)7-4-8(14(15)16)10(18-3)9(5-7)17-2/h4-5H,1-3H3. The lowest BCUT2D eigenvalue weighted by Gasteiger charge is -2.08. The predicted octanol–water partition coefficient (Wildman–Crippen LogP) is 1.97. The van der Waals surface area contributed by atoms with Gasteiger partial charge in [-0.2, -0.15) is 4.98 Å². The number of benzene rings is 1. The van der Waals surface area contributed by atoms with Gasteiger partial charge in [-0.1, -0.05) is 5.16 Å². The summed E-state index contributed by atoms with van der Waals surface area (Å²) >= 11 is 0. The molecule has 0 aliphatic carbocycles. The van der Waals surface area contributed by atoms with Crippen molar-refractivity contribution in [2.45, 2.75) is 6.92 Å². The Morgan fingerprint density at radius 1 is 1.32 bits per heavy atom. The summed E-state index contributed by atoms with van der Waals surface area (Å²) in [7, 11) is 2.73. The smallest absolute Gasteiger partial charge is 0.315 e. The van der Waals surface area contributed by atoms with E-state index in [-0.39, 0.29) is 23.1 Å². The molecule has 0 spiro atoms. The lowest BCUT2D eigenvalue weighted by molar-refractivity contribution is -0.385. The van der Waals surface area contributed by atoms with Crippen LogP contribution in [0.4, 0.5) is 5.69 Å². The van der Waals surface area contributed by atoms with E-state index in [0.29, 0.717) is 11.4 Å². The zero-order chi connectivity index (χ0) is 14.0. The number of nitro benzene ring substituents is 1. The SMILES string of the molecule is COc1cc(-c2nc(C)no2)cc([N+](=O)[O-])c1OC. The van der Waals surface area contributed by atoms with Gasteiger partial charge in [0, 0.05) is 6.07 Å². The van der Waals surface area contributed by atoms with Crippen LogP contribution in [-0.4, -0.2) is 29.3 Å².